The van der Waals surface area contributed by atoms with Gasteiger partial charge in [0.05, 0.1) is 19.4 Å². The van der Waals surface area contributed by atoms with E-state index in [4.69, 9.17) is 4.42 Å². The van der Waals surface area contributed by atoms with Crippen molar-refractivity contribution in [2.24, 2.45) is 5.92 Å². The molecule has 0 atom stereocenters. The molecular formula is C11H15NO3. The summed E-state index contributed by atoms with van der Waals surface area (Å²) in [5, 5.41) is 10.6. The van der Waals surface area contributed by atoms with Crippen LogP contribution >= 0.6 is 0 Å². The lowest BCUT2D eigenvalue weighted by atomic mass is 9.97. The van der Waals surface area contributed by atoms with Gasteiger partial charge < -0.3 is 19.2 Å². The van der Waals surface area contributed by atoms with Crippen LogP contribution in [0.25, 0.3) is 0 Å². The predicted octanol–water partition coefficient (Wildman–Crippen LogP) is -1.18. The molecule has 2 heterocycles. The zero-order valence-electron chi connectivity index (χ0n) is 8.57. The van der Waals surface area contributed by atoms with E-state index in [1.54, 1.807) is 6.26 Å². The Kier molecular flexibility index (Phi) is 3.06. The Morgan fingerprint density at radius 2 is 2.27 bits per heavy atom. The molecule has 1 N–H and O–H groups in total. The van der Waals surface area contributed by atoms with Crippen LogP contribution in [0.3, 0.4) is 0 Å². The Labute approximate surface area is 88.5 Å². The molecule has 2 rings (SSSR count). The Hall–Kier alpha value is -1.29. The lowest BCUT2D eigenvalue weighted by Gasteiger charge is -2.29. The van der Waals surface area contributed by atoms with Crippen molar-refractivity contribution in [3.8, 4) is 0 Å². The Balaban J connectivity index is 1.81. The summed E-state index contributed by atoms with van der Waals surface area (Å²) in [5.41, 5.74) is 0. The molecule has 1 saturated heterocycles. The number of likely N-dealkylation sites (tertiary alicyclic amines) is 1. The van der Waals surface area contributed by atoms with Crippen LogP contribution in [0, 0.1) is 5.92 Å². The number of carboxylic acid groups (broad SMARTS) is 1. The van der Waals surface area contributed by atoms with Gasteiger partial charge in [-0.3, -0.25) is 0 Å². The van der Waals surface area contributed by atoms with E-state index < -0.39 is 5.97 Å². The number of carboxylic acids is 1. The van der Waals surface area contributed by atoms with E-state index in [0.29, 0.717) is 0 Å². The molecule has 0 aliphatic carbocycles. The summed E-state index contributed by atoms with van der Waals surface area (Å²) < 4.78 is 5.26. The third-order valence-electron chi connectivity index (χ3n) is 3.03. The number of nitrogens with one attached hydrogen (secondary N) is 1. The van der Waals surface area contributed by atoms with Crippen LogP contribution in [0.1, 0.15) is 18.6 Å². The minimum absolute atomic E-state index is 0.245. The minimum Gasteiger partial charge on any atom is -0.550 e. The number of quaternary nitrogens is 1. The Morgan fingerprint density at radius 1 is 1.53 bits per heavy atom. The van der Waals surface area contributed by atoms with Crippen molar-refractivity contribution >= 4 is 5.97 Å². The number of carbonyl (C=O) groups excluding carboxylic acids is 1. The molecule has 4 nitrogen and oxygen atoms in total. The van der Waals surface area contributed by atoms with Crippen molar-refractivity contribution < 1.29 is 19.2 Å². The van der Waals surface area contributed by atoms with Gasteiger partial charge in [-0.2, -0.15) is 0 Å². The number of rotatable bonds is 3. The summed E-state index contributed by atoms with van der Waals surface area (Å²) in [5.74, 6) is -0.172. The highest BCUT2D eigenvalue weighted by molar-refractivity contribution is 5.67. The van der Waals surface area contributed by atoms with Crippen molar-refractivity contribution in [3.63, 3.8) is 0 Å². The summed E-state index contributed by atoms with van der Waals surface area (Å²) in [7, 11) is 0. The largest absolute Gasteiger partial charge is 0.550 e. The average molecular weight is 209 g/mol. The molecule has 1 aromatic heterocycles. The number of hydrogen-bond acceptors (Lipinski definition) is 3. The fourth-order valence-electron chi connectivity index (χ4n) is 2.10. The van der Waals surface area contributed by atoms with E-state index >= 15 is 0 Å². The number of piperidine rings is 1. The molecule has 4 heteroatoms. The highest BCUT2D eigenvalue weighted by Gasteiger charge is 2.23. The minimum atomic E-state index is -0.896. The average Bonchev–Trinajstić information content (AvgIpc) is 2.71. The molecular weight excluding hydrogens is 194 g/mol. The van der Waals surface area contributed by atoms with Crippen LogP contribution in [0.15, 0.2) is 22.8 Å². The third-order valence-corrected chi connectivity index (χ3v) is 3.03. The number of carbonyl (C=O) groups is 1. The summed E-state index contributed by atoms with van der Waals surface area (Å²) in [6.45, 7) is 2.63. The predicted molar refractivity (Wildman–Crippen MR) is 50.8 cm³/mol. The molecule has 0 unspecified atom stereocenters. The van der Waals surface area contributed by atoms with Crippen LogP contribution in [0.4, 0.5) is 0 Å². The van der Waals surface area contributed by atoms with Gasteiger partial charge in [-0.1, -0.05) is 0 Å². The first-order valence-electron chi connectivity index (χ1n) is 5.32. The first-order valence-corrected chi connectivity index (χ1v) is 5.32. The highest BCUT2D eigenvalue weighted by atomic mass is 16.4. The second-order valence-corrected chi connectivity index (χ2v) is 4.10. The van der Waals surface area contributed by atoms with Crippen molar-refractivity contribution in [1.29, 1.82) is 0 Å². The summed E-state index contributed by atoms with van der Waals surface area (Å²) in [4.78, 5) is 12.0. The summed E-state index contributed by atoms with van der Waals surface area (Å²) in [6.07, 6.45) is 3.11. The Bertz CT molecular complexity index is 313. The fourth-order valence-corrected chi connectivity index (χ4v) is 2.10. The maximum atomic E-state index is 10.6. The molecule has 0 radical (unpaired) electrons. The van der Waals surface area contributed by atoms with Crippen molar-refractivity contribution in [1.82, 2.24) is 0 Å². The van der Waals surface area contributed by atoms with Gasteiger partial charge in [0.15, 0.2) is 5.76 Å². The van der Waals surface area contributed by atoms with Gasteiger partial charge in [-0.05, 0) is 12.1 Å². The maximum Gasteiger partial charge on any atom is 0.157 e. The standard InChI is InChI=1S/C11H15NO3/c13-11(14)9-3-5-12(6-4-9)8-10-2-1-7-15-10/h1-2,7,9H,3-6,8H2,(H,13,14). The first-order chi connectivity index (χ1) is 7.25. The quantitative estimate of drug-likeness (QED) is 0.682. The van der Waals surface area contributed by atoms with E-state index in [-0.39, 0.29) is 5.92 Å². The molecule has 0 saturated carbocycles. The molecule has 15 heavy (non-hydrogen) atoms. The zero-order valence-corrected chi connectivity index (χ0v) is 8.57. The number of furan rings is 1. The van der Waals surface area contributed by atoms with E-state index in [9.17, 15) is 9.90 Å². The SMILES string of the molecule is O=C([O-])C1CC[NH+](Cc2ccco2)CC1. The first kappa shape index (κ1) is 10.2. The maximum absolute atomic E-state index is 10.6. The van der Waals surface area contributed by atoms with Gasteiger partial charge in [-0.15, -0.1) is 0 Å². The van der Waals surface area contributed by atoms with Crippen LogP contribution in [-0.4, -0.2) is 19.1 Å². The molecule has 1 aromatic rings. The molecule has 82 valence electrons. The summed E-state index contributed by atoms with van der Waals surface area (Å²) in [6, 6.07) is 3.83. The van der Waals surface area contributed by atoms with Crippen LogP contribution in [0.5, 0.6) is 0 Å². The molecule has 0 bridgehead atoms. The van der Waals surface area contributed by atoms with Crippen LogP contribution < -0.4 is 10.0 Å². The molecule has 0 aromatic carbocycles. The third kappa shape index (κ3) is 2.59. The number of aliphatic carboxylic acids is 1. The van der Waals surface area contributed by atoms with Gasteiger partial charge in [0.1, 0.15) is 6.54 Å². The zero-order chi connectivity index (χ0) is 10.7. The van der Waals surface area contributed by atoms with Gasteiger partial charge in [0, 0.05) is 24.7 Å². The monoisotopic (exact) mass is 209 g/mol. The van der Waals surface area contributed by atoms with Crippen LogP contribution in [0.2, 0.25) is 0 Å². The normalized spacial score (nSPS) is 26.4. The molecule has 1 aliphatic heterocycles. The lowest BCUT2D eigenvalue weighted by Crippen LogP contribution is -3.11. The van der Waals surface area contributed by atoms with Gasteiger partial charge in [0.25, 0.3) is 0 Å². The Morgan fingerprint density at radius 3 is 2.80 bits per heavy atom. The second-order valence-electron chi connectivity index (χ2n) is 4.10. The number of hydrogen-bond donors (Lipinski definition) is 1. The van der Waals surface area contributed by atoms with Crippen molar-refractivity contribution in [3.05, 3.63) is 24.2 Å². The van der Waals surface area contributed by atoms with Gasteiger partial charge in [0.2, 0.25) is 0 Å². The van der Waals surface area contributed by atoms with Gasteiger partial charge in [-0.25, -0.2) is 0 Å². The molecule has 1 fully saturated rings. The van der Waals surface area contributed by atoms with Gasteiger partial charge >= 0.3 is 0 Å². The van der Waals surface area contributed by atoms with E-state index in [2.05, 4.69) is 0 Å². The summed E-state index contributed by atoms with van der Waals surface area (Å²) >= 11 is 0. The van der Waals surface area contributed by atoms with Crippen LogP contribution in [-0.2, 0) is 11.3 Å². The molecule has 0 spiro atoms. The van der Waals surface area contributed by atoms with Crippen molar-refractivity contribution in [2.75, 3.05) is 13.1 Å². The van der Waals surface area contributed by atoms with E-state index in [1.807, 2.05) is 12.1 Å². The lowest BCUT2D eigenvalue weighted by molar-refractivity contribution is -0.920. The molecule has 1 aliphatic rings. The van der Waals surface area contributed by atoms with E-state index in [0.717, 1.165) is 38.2 Å². The molecule has 0 amide bonds. The second kappa shape index (κ2) is 4.49. The topological polar surface area (TPSA) is 57.7 Å². The highest BCUT2D eigenvalue weighted by Crippen LogP contribution is 2.08. The smallest absolute Gasteiger partial charge is 0.157 e. The van der Waals surface area contributed by atoms with Crippen molar-refractivity contribution in [2.45, 2.75) is 19.4 Å². The fraction of sp³-hybridized carbons (Fsp3) is 0.545. The van der Waals surface area contributed by atoms with E-state index in [1.165, 1.54) is 4.90 Å².